The van der Waals surface area contributed by atoms with E-state index in [9.17, 15) is 0 Å². The Morgan fingerprint density at radius 3 is 3.13 bits per heavy atom. The predicted molar refractivity (Wildman–Crippen MR) is 62.8 cm³/mol. The molecule has 0 amide bonds. The van der Waals surface area contributed by atoms with Gasteiger partial charge in [-0.25, -0.2) is 0 Å². The third-order valence-electron chi connectivity index (χ3n) is 2.86. The summed E-state index contributed by atoms with van der Waals surface area (Å²) in [4.78, 5) is 2.47. The lowest BCUT2D eigenvalue weighted by Gasteiger charge is -2.31. The van der Waals surface area contributed by atoms with Crippen LogP contribution < -0.4 is 0 Å². The van der Waals surface area contributed by atoms with E-state index in [1.165, 1.54) is 25.9 Å². The van der Waals surface area contributed by atoms with Gasteiger partial charge in [-0.2, -0.15) is 0 Å². The molecule has 1 saturated heterocycles. The molecule has 1 fully saturated rings. The molecule has 1 aromatic heterocycles. The van der Waals surface area contributed by atoms with Gasteiger partial charge < -0.3 is 0 Å². The summed E-state index contributed by atoms with van der Waals surface area (Å²) >= 11 is 3.57. The Morgan fingerprint density at radius 1 is 1.60 bits per heavy atom. The summed E-state index contributed by atoms with van der Waals surface area (Å²) in [5, 5.41) is 9.19. The van der Waals surface area contributed by atoms with Gasteiger partial charge in [-0.15, -0.1) is 5.10 Å². The van der Waals surface area contributed by atoms with E-state index in [4.69, 9.17) is 0 Å². The smallest absolute Gasteiger partial charge is 0.0967 e. The number of nitrogens with zero attached hydrogens (tertiary/aromatic N) is 4. The summed E-state index contributed by atoms with van der Waals surface area (Å²) in [6.07, 6.45) is 4.65. The molecule has 1 aliphatic rings. The second-order valence-electron chi connectivity index (χ2n) is 4.28. The average Bonchev–Trinajstić information content (AvgIpc) is 2.64. The predicted octanol–water partition coefficient (Wildman–Crippen LogP) is 1.42. The SMILES string of the molecule is Cn1cc(CN2CCCC(CBr)C2)nn1. The first kappa shape index (κ1) is 11.1. The monoisotopic (exact) mass is 272 g/mol. The highest BCUT2D eigenvalue weighted by Gasteiger charge is 2.19. The molecule has 15 heavy (non-hydrogen) atoms. The van der Waals surface area contributed by atoms with Crippen molar-refractivity contribution in [3.8, 4) is 0 Å². The van der Waals surface area contributed by atoms with Crippen molar-refractivity contribution < 1.29 is 0 Å². The van der Waals surface area contributed by atoms with E-state index in [0.29, 0.717) is 0 Å². The van der Waals surface area contributed by atoms with Crippen LogP contribution in [0, 0.1) is 5.92 Å². The number of aryl methyl sites for hydroxylation is 1. The number of hydrogen-bond acceptors (Lipinski definition) is 3. The van der Waals surface area contributed by atoms with E-state index in [0.717, 1.165) is 23.5 Å². The van der Waals surface area contributed by atoms with E-state index < -0.39 is 0 Å². The first-order valence-electron chi connectivity index (χ1n) is 5.41. The number of likely N-dealkylation sites (tertiary alicyclic amines) is 1. The Labute approximate surface area is 98.8 Å². The molecule has 84 valence electrons. The molecule has 1 atom stereocenters. The minimum Gasteiger partial charge on any atom is -0.297 e. The molecule has 0 spiro atoms. The molecule has 1 unspecified atom stereocenters. The van der Waals surface area contributed by atoms with Crippen molar-refractivity contribution in [2.75, 3.05) is 18.4 Å². The van der Waals surface area contributed by atoms with Crippen molar-refractivity contribution in [2.24, 2.45) is 13.0 Å². The van der Waals surface area contributed by atoms with Crippen molar-refractivity contribution in [3.63, 3.8) is 0 Å². The molecule has 2 heterocycles. The van der Waals surface area contributed by atoms with Gasteiger partial charge in [0.1, 0.15) is 0 Å². The Kier molecular flexibility index (Phi) is 3.75. The zero-order valence-corrected chi connectivity index (χ0v) is 10.7. The Balaban J connectivity index is 1.88. The molecule has 0 aliphatic carbocycles. The van der Waals surface area contributed by atoms with Gasteiger partial charge in [0.15, 0.2) is 0 Å². The lowest BCUT2D eigenvalue weighted by atomic mass is 10.0. The van der Waals surface area contributed by atoms with E-state index in [1.54, 1.807) is 4.68 Å². The largest absolute Gasteiger partial charge is 0.297 e. The first-order valence-corrected chi connectivity index (χ1v) is 6.53. The fraction of sp³-hybridized carbons (Fsp3) is 0.800. The highest BCUT2D eigenvalue weighted by atomic mass is 79.9. The average molecular weight is 273 g/mol. The Bertz CT molecular complexity index is 312. The van der Waals surface area contributed by atoms with E-state index in [1.807, 2.05) is 13.2 Å². The van der Waals surface area contributed by atoms with Crippen LogP contribution in [0.25, 0.3) is 0 Å². The first-order chi connectivity index (χ1) is 7.28. The Morgan fingerprint density at radius 2 is 2.47 bits per heavy atom. The van der Waals surface area contributed by atoms with Crippen LogP contribution in [0.3, 0.4) is 0 Å². The zero-order valence-electron chi connectivity index (χ0n) is 9.06. The van der Waals surface area contributed by atoms with Crippen molar-refractivity contribution in [2.45, 2.75) is 19.4 Å². The normalized spacial score (nSPS) is 23.2. The maximum atomic E-state index is 4.12. The lowest BCUT2D eigenvalue weighted by molar-refractivity contribution is 0.177. The molecule has 5 heteroatoms. The second-order valence-corrected chi connectivity index (χ2v) is 4.93. The number of rotatable bonds is 3. The van der Waals surface area contributed by atoms with Gasteiger partial charge in [0, 0.05) is 31.7 Å². The zero-order chi connectivity index (χ0) is 10.7. The number of aromatic nitrogens is 3. The molecular formula is C10H17BrN4. The van der Waals surface area contributed by atoms with Crippen LogP contribution in [0.4, 0.5) is 0 Å². The summed E-state index contributed by atoms with van der Waals surface area (Å²) in [5.41, 5.74) is 1.08. The Hall–Kier alpha value is -0.420. The van der Waals surface area contributed by atoms with Gasteiger partial charge in [-0.05, 0) is 25.3 Å². The summed E-state index contributed by atoms with van der Waals surface area (Å²) in [6.45, 7) is 3.32. The van der Waals surface area contributed by atoms with Crippen LogP contribution >= 0.6 is 15.9 Å². The fourth-order valence-corrected chi connectivity index (χ4v) is 2.65. The summed E-state index contributed by atoms with van der Waals surface area (Å²) < 4.78 is 1.77. The molecule has 4 nitrogen and oxygen atoms in total. The van der Waals surface area contributed by atoms with Crippen molar-refractivity contribution >= 4 is 15.9 Å². The van der Waals surface area contributed by atoms with Crippen LogP contribution in [-0.2, 0) is 13.6 Å². The van der Waals surface area contributed by atoms with Crippen molar-refractivity contribution in [1.29, 1.82) is 0 Å². The molecule has 2 rings (SSSR count). The summed E-state index contributed by atoms with van der Waals surface area (Å²) in [6, 6.07) is 0. The van der Waals surface area contributed by atoms with Crippen LogP contribution in [0.1, 0.15) is 18.5 Å². The topological polar surface area (TPSA) is 34.0 Å². The number of halogens is 1. The number of piperidine rings is 1. The van der Waals surface area contributed by atoms with Gasteiger partial charge in [0.05, 0.1) is 5.69 Å². The maximum Gasteiger partial charge on any atom is 0.0967 e. The van der Waals surface area contributed by atoms with Gasteiger partial charge in [0.25, 0.3) is 0 Å². The quantitative estimate of drug-likeness (QED) is 0.781. The highest BCUT2D eigenvalue weighted by molar-refractivity contribution is 9.09. The molecule has 1 aromatic rings. The van der Waals surface area contributed by atoms with Crippen LogP contribution in [0.15, 0.2) is 6.20 Å². The van der Waals surface area contributed by atoms with Crippen LogP contribution in [0.2, 0.25) is 0 Å². The van der Waals surface area contributed by atoms with E-state index >= 15 is 0 Å². The second kappa shape index (κ2) is 5.07. The van der Waals surface area contributed by atoms with Gasteiger partial charge in [-0.3, -0.25) is 9.58 Å². The molecular weight excluding hydrogens is 256 g/mol. The minimum absolute atomic E-state index is 0.801. The molecule has 0 N–H and O–H groups in total. The van der Waals surface area contributed by atoms with Crippen molar-refractivity contribution in [1.82, 2.24) is 19.9 Å². The lowest BCUT2D eigenvalue weighted by Crippen LogP contribution is -2.35. The summed E-state index contributed by atoms with van der Waals surface area (Å²) in [5.74, 6) is 0.801. The van der Waals surface area contributed by atoms with Crippen LogP contribution in [-0.4, -0.2) is 38.3 Å². The maximum absolute atomic E-state index is 4.12. The summed E-state index contributed by atoms with van der Waals surface area (Å²) in [7, 11) is 1.91. The standard InChI is InChI=1S/C10H17BrN4/c1-14-7-10(12-13-14)8-15-4-2-3-9(5-11)6-15/h7,9H,2-6,8H2,1H3. The van der Waals surface area contributed by atoms with E-state index in [2.05, 4.69) is 31.1 Å². The van der Waals surface area contributed by atoms with Crippen LogP contribution in [0.5, 0.6) is 0 Å². The number of alkyl halides is 1. The molecule has 0 radical (unpaired) electrons. The molecule has 0 aromatic carbocycles. The van der Waals surface area contributed by atoms with Gasteiger partial charge >= 0.3 is 0 Å². The minimum atomic E-state index is 0.801. The fourth-order valence-electron chi connectivity index (χ4n) is 2.12. The van der Waals surface area contributed by atoms with Gasteiger partial charge in [0.2, 0.25) is 0 Å². The highest BCUT2D eigenvalue weighted by Crippen LogP contribution is 2.19. The number of hydrogen-bond donors (Lipinski definition) is 0. The molecule has 0 saturated carbocycles. The third kappa shape index (κ3) is 3.01. The third-order valence-corrected chi connectivity index (χ3v) is 3.77. The molecule has 0 bridgehead atoms. The van der Waals surface area contributed by atoms with E-state index in [-0.39, 0.29) is 0 Å². The van der Waals surface area contributed by atoms with Crippen molar-refractivity contribution in [3.05, 3.63) is 11.9 Å². The van der Waals surface area contributed by atoms with Gasteiger partial charge in [-0.1, -0.05) is 21.1 Å². The molecule has 1 aliphatic heterocycles.